The highest BCUT2D eigenvalue weighted by Gasteiger charge is 2.52. The summed E-state index contributed by atoms with van der Waals surface area (Å²) in [6.07, 6.45) is 8.37. The van der Waals surface area contributed by atoms with Crippen molar-refractivity contribution in [3.63, 3.8) is 0 Å². The van der Waals surface area contributed by atoms with Crippen molar-refractivity contribution < 1.29 is 4.79 Å². The molecule has 2 heteroatoms. The summed E-state index contributed by atoms with van der Waals surface area (Å²) in [4.78, 5) is 12.1. The second-order valence-electron chi connectivity index (χ2n) is 6.16. The fraction of sp³-hybridized carbons (Fsp3) is 0.438. The molecule has 1 spiro atoms. The lowest BCUT2D eigenvalue weighted by Crippen LogP contribution is -2.38. The van der Waals surface area contributed by atoms with Gasteiger partial charge in [-0.25, -0.2) is 0 Å². The van der Waals surface area contributed by atoms with Gasteiger partial charge in [-0.1, -0.05) is 18.2 Å². The zero-order valence-corrected chi connectivity index (χ0v) is 10.4. The summed E-state index contributed by atoms with van der Waals surface area (Å²) in [5, 5.41) is 0. The maximum Gasteiger partial charge on any atom is 0.138 e. The monoisotopic (exact) mass is 239 g/mol. The van der Waals surface area contributed by atoms with Crippen LogP contribution in [0.15, 0.2) is 30.4 Å². The average Bonchev–Trinajstić information content (AvgIpc) is 2.88. The van der Waals surface area contributed by atoms with Crippen LogP contribution in [-0.4, -0.2) is 5.78 Å². The zero-order chi connectivity index (χ0) is 12.3. The van der Waals surface area contributed by atoms with Gasteiger partial charge in [0.1, 0.15) is 5.78 Å². The number of allylic oxidation sites excluding steroid dienone is 2. The van der Waals surface area contributed by atoms with E-state index in [1.165, 1.54) is 17.5 Å². The molecule has 3 aliphatic carbocycles. The van der Waals surface area contributed by atoms with Crippen molar-refractivity contribution in [2.24, 2.45) is 11.8 Å². The lowest BCUT2D eigenvalue weighted by atomic mass is 9.62. The molecule has 1 aromatic carbocycles. The van der Waals surface area contributed by atoms with Crippen molar-refractivity contribution in [1.29, 1.82) is 0 Å². The van der Waals surface area contributed by atoms with E-state index in [1.54, 1.807) is 0 Å². The molecule has 2 bridgehead atoms. The molecule has 0 radical (unpaired) electrons. The number of hydrogen-bond donors (Lipinski definition) is 1. The minimum absolute atomic E-state index is 0.0950. The third kappa shape index (κ3) is 1.21. The maximum atomic E-state index is 12.1. The first-order chi connectivity index (χ1) is 8.67. The molecule has 92 valence electrons. The minimum Gasteiger partial charge on any atom is -0.399 e. The fourth-order valence-electron chi connectivity index (χ4n) is 4.44. The quantitative estimate of drug-likeness (QED) is 0.558. The molecule has 0 saturated heterocycles. The van der Waals surface area contributed by atoms with Gasteiger partial charge in [-0.15, -0.1) is 0 Å². The average molecular weight is 239 g/mol. The molecule has 3 atom stereocenters. The van der Waals surface area contributed by atoms with Gasteiger partial charge in [0.15, 0.2) is 0 Å². The number of nitrogens with two attached hydrogens (primary N) is 1. The summed E-state index contributed by atoms with van der Waals surface area (Å²) in [5.41, 5.74) is 9.31. The normalized spacial score (nSPS) is 36.3. The largest absolute Gasteiger partial charge is 0.399 e. The van der Waals surface area contributed by atoms with Crippen LogP contribution < -0.4 is 5.73 Å². The standard InChI is InChI=1S/C16H17NO/c17-13-3-4-15-11(6-13)7-14(18)9-16(15)8-10-1-2-12(16)5-10/h1-4,6,10,12H,5,7-9,17H2. The van der Waals surface area contributed by atoms with E-state index in [1.807, 2.05) is 12.1 Å². The molecule has 2 nitrogen and oxygen atoms in total. The van der Waals surface area contributed by atoms with Crippen molar-refractivity contribution in [2.45, 2.75) is 31.1 Å². The lowest BCUT2D eigenvalue weighted by molar-refractivity contribution is -0.120. The van der Waals surface area contributed by atoms with Crippen molar-refractivity contribution in [1.82, 2.24) is 0 Å². The summed E-state index contributed by atoms with van der Waals surface area (Å²) in [7, 11) is 0. The molecule has 3 aliphatic rings. The smallest absolute Gasteiger partial charge is 0.138 e. The van der Waals surface area contributed by atoms with Crippen LogP contribution in [0, 0.1) is 11.8 Å². The fourth-order valence-corrected chi connectivity index (χ4v) is 4.44. The molecule has 0 amide bonds. The first-order valence-corrected chi connectivity index (χ1v) is 6.76. The van der Waals surface area contributed by atoms with E-state index in [9.17, 15) is 4.79 Å². The Labute approximate surface area is 107 Å². The predicted octanol–water partition coefficient (Wildman–Crippen LogP) is 2.62. The Morgan fingerprint density at radius 1 is 1.28 bits per heavy atom. The number of rotatable bonds is 0. The molecular formula is C16H17NO. The highest BCUT2D eigenvalue weighted by Crippen LogP contribution is 2.57. The number of carbonyl (C=O) groups excluding carboxylic acids is 1. The second-order valence-corrected chi connectivity index (χ2v) is 6.16. The topological polar surface area (TPSA) is 43.1 Å². The molecule has 1 saturated carbocycles. The van der Waals surface area contributed by atoms with Crippen LogP contribution in [0.1, 0.15) is 30.4 Å². The van der Waals surface area contributed by atoms with Crippen molar-refractivity contribution in [3.8, 4) is 0 Å². The van der Waals surface area contributed by atoms with Gasteiger partial charge in [-0.3, -0.25) is 4.79 Å². The van der Waals surface area contributed by atoms with Gasteiger partial charge < -0.3 is 5.73 Å². The Kier molecular flexibility index (Phi) is 1.87. The van der Waals surface area contributed by atoms with E-state index in [0.717, 1.165) is 18.5 Å². The molecule has 1 fully saturated rings. The predicted molar refractivity (Wildman–Crippen MR) is 71.2 cm³/mol. The number of nitrogen functional groups attached to an aromatic ring is 1. The second kappa shape index (κ2) is 3.25. The third-order valence-corrected chi connectivity index (χ3v) is 5.07. The highest BCUT2D eigenvalue weighted by molar-refractivity contribution is 5.86. The lowest BCUT2D eigenvalue weighted by Gasteiger charge is -2.40. The van der Waals surface area contributed by atoms with Gasteiger partial charge in [0.05, 0.1) is 0 Å². The number of ketones is 1. The highest BCUT2D eigenvalue weighted by atomic mass is 16.1. The molecule has 0 heterocycles. The Balaban J connectivity index is 1.91. The summed E-state index contributed by atoms with van der Waals surface area (Å²) in [6.45, 7) is 0. The molecule has 0 aromatic heterocycles. The number of fused-ring (bicyclic) bond motifs is 5. The van der Waals surface area contributed by atoms with E-state index >= 15 is 0 Å². The Hall–Kier alpha value is -1.57. The van der Waals surface area contributed by atoms with Crippen LogP contribution in [0.4, 0.5) is 5.69 Å². The number of anilines is 1. The van der Waals surface area contributed by atoms with Gasteiger partial charge >= 0.3 is 0 Å². The van der Waals surface area contributed by atoms with Crippen molar-refractivity contribution >= 4 is 11.5 Å². The molecule has 1 aromatic rings. The number of carbonyl (C=O) groups is 1. The van der Waals surface area contributed by atoms with E-state index < -0.39 is 0 Å². The SMILES string of the molecule is Nc1ccc2c(c1)CC(=O)CC21CC2C=CC1C2. The molecule has 18 heavy (non-hydrogen) atoms. The van der Waals surface area contributed by atoms with Gasteiger partial charge in [0.25, 0.3) is 0 Å². The first kappa shape index (κ1) is 10.4. The van der Waals surface area contributed by atoms with E-state index in [2.05, 4.69) is 18.2 Å². The molecule has 4 rings (SSSR count). The molecule has 2 N–H and O–H groups in total. The van der Waals surface area contributed by atoms with Crippen LogP contribution in [0.3, 0.4) is 0 Å². The molecular weight excluding hydrogens is 222 g/mol. The Morgan fingerprint density at radius 2 is 2.17 bits per heavy atom. The Bertz CT molecular complexity index is 574. The van der Waals surface area contributed by atoms with Gasteiger partial charge in [-0.2, -0.15) is 0 Å². The third-order valence-electron chi connectivity index (χ3n) is 5.07. The van der Waals surface area contributed by atoms with Crippen LogP contribution >= 0.6 is 0 Å². The van der Waals surface area contributed by atoms with Crippen LogP contribution in [0.5, 0.6) is 0 Å². The maximum absolute atomic E-state index is 12.1. The van der Waals surface area contributed by atoms with E-state index in [-0.39, 0.29) is 5.41 Å². The van der Waals surface area contributed by atoms with Crippen molar-refractivity contribution in [2.75, 3.05) is 5.73 Å². The summed E-state index contributed by atoms with van der Waals surface area (Å²) >= 11 is 0. The van der Waals surface area contributed by atoms with Crippen LogP contribution in [0.2, 0.25) is 0 Å². The minimum atomic E-state index is 0.0950. The van der Waals surface area contributed by atoms with Gasteiger partial charge in [-0.05, 0) is 47.9 Å². The molecule has 3 unspecified atom stereocenters. The van der Waals surface area contributed by atoms with Gasteiger partial charge in [0.2, 0.25) is 0 Å². The Morgan fingerprint density at radius 3 is 2.89 bits per heavy atom. The van der Waals surface area contributed by atoms with Crippen LogP contribution in [0.25, 0.3) is 0 Å². The summed E-state index contributed by atoms with van der Waals surface area (Å²) in [6, 6.07) is 6.17. The van der Waals surface area contributed by atoms with E-state index in [4.69, 9.17) is 5.73 Å². The summed E-state index contributed by atoms with van der Waals surface area (Å²) < 4.78 is 0. The van der Waals surface area contributed by atoms with Crippen LogP contribution in [-0.2, 0) is 16.6 Å². The van der Waals surface area contributed by atoms with Crippen molar-refractivity contribution in [3.05, 3.63) is 41.5 Å². The molecule has 0 aliphatic heterocycles. The van der Waals surface area contributed by atoms with E-state index in [0.29, 0.717) is 24.0 Å². The summed E-state index contributed by atoms with van der Waals surface area (Å²) in [5.74, 6) is 1.63. The number of benzene rings is 1. The zero-order valence-electron chi connectivity index (χ0n) is 10.4. The number of hydrogen-bond acceptors (Lipinski definition) is 2. The van der Waals surface area contributed by atoms with Gasteiger partial charge in [0, 0.05) is 23.9 Å². The first-order valence-electron chi connectivity index (χ1n) is 6.76. The number of Topliss-reactive ketones (excluding diaryl/α,β-unsaturated/α-hetero) is 1.